The molecule has 0 fully saturated rings. The smallest absolute Gasteiger partial charge is 0.205 e. The van der Waals surface area contributed by atoms with Crippen molar-refractivity contribution in [2.75, 3.05) is 6.26 Å². The van der Waals surface area contributed by atoms with E-state index in [0.717, 1.165) is 17.4 Å². The Hall–Kier alpha value is -2.46. The molecule has 30 heavy (non-hydrogen) atoms. The predicted molar refractivity (Wildman–Crippen MR) is 131 cm³/mol. The third kappa shape index (κ3) is 7.75. The van der Waals surface area contributed by atoms with Gasteiger partial charge in [-0.05, 0) is 45.2 Å². The summed E-state index contributed by atoms with van der Waals surface area (Å²) in [5, 5.41) is 0. The zero-order valence-electron chi connectivity index (χ0n) is 19.1. The van der Waals surface area contributed by atoms with Gasteiger partial charge in [-0.25, -0.2) is 8.42 Å². The van der Waals surface area contributed by atoms with Crippen LogP contribution < -0.4 is 0 Å². The maximum atomic E-state index is 11.7. The lowest BCUT2D eigenvalue weighted by Gasteiger charge is -2.18. The van der Waals surface area contributed by atoms with E-state index in [0.29, 0.717) is 5.71 Å². The molecule has 160 valence electrons. The summed E-state index contributed by atoms with van der Waals surface area (Å²) < 4.78 is 27.3. The quantitative estimate of drug-likeness (QED) is 0.522. The minimum absolute atomic E-state index is 0.0937. The van der Waals surface area contributed by atoms with Crippen molar-refractivity contribution in [1.82, 2.24) is 0 Å². The summed E-state index contributed by atoms with van der Waals surface area (Å²) in [6, 6.07) is 16.5. The van der Waals surface area contributed by atoms with Crippen LogP contribution in [0.3, 0.4) is 0 Å². The van der Waals surface area contributed by atoms with Crippen LogP contribution in [0.15, 0.2) is 65.1 Å². The Kier molecular flexibility index (Phi) is 7.25. The first-order chi connectivity index (χ1) is 13.7. The van der Waals surface area contributed by atoms with Crippen molar-refractivity contribution in [3.05, 3.63) is 82.9 Å². The van der Waals surface area contributed by atoms with Crippen LogP contribution in [0.2, 0.25) is 0 Å². The fraction of sp³-hybridized carbons (Fsp3) is 0.346. The molecular formula is C26H33NO2S. The van der Waals surface area contributed by atoms with Crippen LogP contribution in [-0.2, 0) is 20.9 Å². The molecule has 0 aromatic heterocycles. The molecule has 3 nitrogen and oxygen atoms in total. The second-order valence-electron chi connectivity index (χ2n) is 9.66. The van der Waals surface area contributed by atoms with Gasteiger partial charge in [0.25, 0.3) is 10.0 Å². The number of hydrogen-bond donors (Lipinski definition) is 0. The molecule has 0 saturated heterocycles. The Balaban J connectivity index is 2.26. The van der Waals surface area contributed by atoms with E-state index in [2.05, 4.69) is 70.2 Å². The van der Waals surface area contributed by atoms with Gasteiger partial charge >= 0.3 is 0 Å². The first kappa shape index (κ1) is 23.8. The van der Waals surface area contributed by atoms with Crippen LogP contribution in [0, 0.1) is 0 Å². The Morgan fingerprint density at radius 3 is 1.30 bits per heavy atom. The molecular weight excluding hydrogens is 390 g/mol. The van der Waals surface area contributed by atoms with Gasteiger partial charge in [-0.1, -0.05) is 102 Å². The van der Waals surface area contributed by atoms with Gasteiger partial charge in [0.1, 0.15) is 0 Å². The van der Waals surface area contributed by atoms with E-state index in [-0.39, 0.29) is 10.8 Å². The second kappa shape index (κ2) is 9.13. The van der Waals surface area contributed by atoms with Gasteiger partial charge in [0, 0.05) is 0 Å². The van der Waals surface area contributed by atoms with E-state index in [1.807, 2.05) is 36.4 Å². The number of nitrogens with zero attached hydrogens (tertiary/aromatic N) is 1. The molecule has 2 rings (SSSR count). The van der Waals surface area contributed by atoms with E-state index < -0.39 is 10.0 Å². The second-order valence-corrected chi connectivity index (χ2v) is 11.3. The topological polar surface area (TPSA) is 46.5 Å². The largest absolute Gasteiger partial charge is 0.250 e. The summed E-state index contributed by atoms with van der Waals surface area (Å²) in [4.78, 5) is 0. The molecule has 0 N–H and O–H groups in total. The van der Waals surface area contributed by atoms with Gasteiger partial charge in [-0.2, -0.15) is 4.40 Å². The SMILES string of the molecule is CC(C)(C)c1ccc(/C=C/C(/C=C/c2ccc(C(C)(C)C)cc2)=NS(C)(=O)=O)cc1. The maximum Gasteiger partial charge on any atom is 0.250 e. The molecule has 0 saturated carbocycles. The Morgan fingerprint density at radius 1 is 0.700 bits per heavy atom. The lowest BCUT2D eigenvalue weighted by molar-refractivity contribution is 0.590. The molecule has 4 heteroatoms. The standard InChI is InChI=1S/C26H33NO2S/c1-25(2,3)22-14-8-20(9-15-22)12-18-24(27-30(7,28)29)19-13-21-10-16-23(17-11-21)26(4,5)6/h8-19H,1-7H3/b18-12+,19-13+. The third-order valence-electron chi connectivity index (χ3n) is 4.72. The fourth-order valence-corrected chi connectivity index (χ4v) is 3.36. The molecule has 0 atom stereocenters. The zero-order chi connectivity index (χ0) is 22.6. The van der Waals surface area contributed by atoms with E-state index >= 15 is 0 Å². The molecule has 0 radical (unpaired) electrons. The molecule has 0 aliphatic heterocycles. The first-order valence-corrected chi connectivity index (χ1v) is 12.0. The lowest BCUT2D eigenvalue weighted by atomic mass is 9.86. The number of hydrogen-bond acceptors (Lipinski definition) is 2. The van der Waals surface area contributed by atoms with E-state index in [1.165, 1.54) is 11.1 Å². The van der Waals surface area contributed by atoms with E-state index in [4.69, 9.17) is 0 Å². The molecule has 0 heterocycles. The number of sulfonamides is 1. The van der Waals surface area contributed by atoms with Gasteiger partial charge in [-0.15, -0.1) is 0 Å². The van der Waals surface area contributed by atoms with E-state index in [1.54, 1.807) is 12.2 Å². The monoisotopic (exact) mass is 423 g/mol. The summed E-state index contributed by atoms with van der Waals surface area (Å²) in [5.74, 6) is 0. The average Bonchev–Trinajstić information content (AvgIpc) is 2.62. The van der Waals surface area contributed by atoms with Crippen molar-refractivity contribution in [1.29, 1.82) is 0 Å². The van der Waals surface area contributed by atoms with Crippen LogP contribution >= 0.6 is 0 Å². The Morgan fingerprint density at radius 2 is 1.03 bits per heavy atom. The van der Waals surface area contributed by atoms with Crippen LogP contribution in [0.25, 0.3) is 12.2 Å². The highest BCUT2D eigenvalue weighted by Crippen LogP contribution is 2.23. The van der Waals surface area contributed by atoms with Gasteiger partial charge in [0.05, 0.1) is 12.0 Å². The first-order valence-electron chi connectivity index (χ1n) is 10.1. The van der Waals surface area contributed by atoms with Crippen molar-refractivity contribution in [2.45, 2.75) is 52.4 Å². The molecule has 0 unspecified atom stereocenters. The zero-order valence-corrected chi connectivity index (χ0v) is 19.9. The lowest BCUT2D eigenvalue weighted by Crippen LogP contribution is -2.10. The molecule has 0 aliphatic carbocycles. The summed E-state index contributed by atoms with van der Waals surface area (Å²) in [6.45, 7) is 13.0. The van der Waals surface area contributed by atoms with Gasteiger partial charge < -0.3 is 0 Å². The minimum Gasteiger partial charge on any atom is -0.205 e. The summed E-state index contributed by atoms with van der Waals surface area (Å²) >= 11 is 0. The summed E-state index contributed by atoms with van der Waals surface area (Å²) in [5.41, 5.74) is 5.07. The van der Waals surface area contributed by atoms with Crippen LogP contribution in [0.5, 0.6) is 0 Å². The number of rotatable bonds is 5. The van der Waals surface area contributed by atoms with Crippen LogP contribution in [0.4, 0.5) is 0 Å². The van der Waals surface area contributed by atoms with Crippen LogP contribution in [0.1, 0.15) is 63.8 Å². The van der Waals surface area contributed by atoms with Crippen molar-refractivity contribution >= 4 is 27.9 Å². The van der Waals surface area contributed by atoms with Gasteiger partial charge in [-0.3, -0.25) is 0 Å². The number of allylic oxidation sites excluding steroid dienone is 2. The molecule has 2 aromatic rings. The highest BCUT2D eigenvalue weighted by molar-refractivity contribution is 7.89. The Labute approximate surface area is 182 Å². The van der Waals surface area contributed by atoms with E-state index in [9.17, 15) is 8.42 Å². The predicted octanol–water partition coefficient (Wildman–Crippen LogP) is 6.41. The molecule has 2 aromatic carbocycles. The normalized spacial score (nSPS) is 13.2. The molecule has 0 aliphatic rings. The highest BCUT2D eigenvalue weighted by Gasteiger charge is 2.13. The fourth-order valence-electron chi connectivity index (χ4n) is 2.86. The van der Waals surface area contributed by atoms with Crippen molar-refractivity contribution < 1.29 is 8.42 Å². The van der Waals surface area contributed by atoms with Crippen molar-refractivity contribution in [3.8, 4) is 0 Å². The highest BCUT2D eigenvalue weighted by atomic mass is 32.2. The summed E-state index contributed by atoms with van der Waals surface area (Å²) in [7, 11) is -3.50. The molecule has 0 spiro atoms. The molecule has 0 bridgehead atoms. The average molecular weight is 424 g/mol. The number of benzene rings is 2. The van der Waals surface area contributed by atoms with Gasteiger partial charge in [0.2, 0.25) is 0 Å². The third-order valence-corrected chi connectivity index (χ3v) is 5.26. The summed E-state index contributed by atoms with van der Waals surface area (Å²) in [6.07, 6.45) is 8.32. The maximum absolute atomic E-state index is 11.7. The van der Waals surface area contributed by atoms with Crippen molar-refractivity contribution in [3.63, 3.8) is 0 Å². The van der Waals surface area contributed by atoms with Crippen LogP contribution in [-0.4, -0.2) is 20.4 Å². The Bertz CT molecular complexity index is 973. The van der Waals surface area contributed by atoms with Crippen molar-refractivity contribution in [2.24, 2.45) is 4.40 Å². The van der Waals surface area contributed by atoms with Gasteiger partial charge in [0.15, 0.2) is 0 Å². The minimum atomic E-state index is -3.50. The molecule has 0 amide bonds.